The van der Waals surface area contributed by atoms with E-state index >= 15 is 0 Å². The van der Waals surface area contributed by atoms with E-state index in [1.54, 1.807) is 0 Å². The molecular formula is C13H13BrClN3O. The van der Waals surface area contributed by atoms with Crippen LogP contribution in [0, 0.1) is 0 Å². The van der Waals surface area contributed by atoms with E-state index in [0.717, 1.165) is 28.8 Å². The van der Waals surface area contributed by atoms with Crippen LogP contribution >= 0.6 is 27.5 Å². The molecule has 0 spiro atoms. The van der Waals surface area contributed by atoms with Crippen molar-refractivity contribution in [1.82, 2.24) is 15.5 Å². The van der Waals surface area contributed by atoms with Gasteiger partial charge in [0.15, 0.2) is 5.82 Å². The van der Waals surface area contributed by atoms with Crippen LogP contribution in [0.25, 0.3) is 11.5 Å². The van der Waals surface area contributed by atoms with Crippen LogP contribution in [0.2, 0.25) is 5.02 Å². The first-order chi connectivity index (χ1) is 9.24. The van der Waals surface area contributed by atoms with Crippen LogP contribution in [0.15, 0.2) is 27.2 Å². The van der Waals surface area contributed by atoms with Gasteiger partial charge in [-0.15, -0.1) is 0 Å². The fourth-order valence-electron chi connectivity index (χ4n) is 2.22. The van der Waals surface area contributed by atoms with Crippen molar-refractivity contribution in [3.63, 3.8) is 0 Å². The van der Waals surface area contributed by atoms with Crippen molar-refractivity contribution in [1.29, 1.82) is 0 Å². The Hall–Kier alpha value is -0.910. The van der Waals surface area contributed by atoms with Gasteiger partial charge in [0.2, 0.25) is 0 Å². The Morgan fingerprint density at radius 1 is 1.37 bits per heavy atom. The lowest BCUT2D eigenvalue weighted by atomic mass is 10.0. The molecule has 0 aliphatic carbocycles. The lowest BCUT2D eigenvalue weighted by Crippen LogP contribution is -2.27. The van der Waals surface area contributed by atoms with Crippen LogP contribution in [-0.4, -0.2) is 16.7 Å². The summed E-state index contributed by atoms with van der Waals surface area (Å²) in [6.45, 7) is 1.01. The first kappa shape index (κ1) is 13.1. The zero-order valence-corrected chi connectivity index (χ0v) is 12.5. The zero-order chi connectivity index (χ0) is 13.2. The van der Waals surface area contributed by atoms with E-state index in [-0.39, 0.29) is 6.04 Å². The topological polar surface area (TPSA) is 51.0 Å². The number of hydrogen-bond donors (Lipinski definition) is 1. The number of rotatable bonds is 2. The summed E-state index contributed by atoms with van der Waals surface area (Å²) < 4.78 is 6.20. The Morgan fingerprint density at radius 3 is 3.00 bits per heavy atom. The van der Waals surface area contributed by atoms with Gasteiger partial charge in [-0.1, -0.05) is 23.2 Å². The molecule has 1 aliphatic rings. The molecule has 1 aliphatic heterocycles. The predicted octanol–water partition coefficient (Wildman–Crippen LogP) is 3.97. The largest absolute Gasteiger partial charge is 0.334 e. The Labute approximate surface area is 124 Å². The van der Waals surface area contributed by atoms with Gasteiger partial charge in [-0.05, 0) is 53.5 Å². The average molecular weight is 343 g/mol. The minimum atomic E-state index is 0.206. The lowest BCUT2D eigenvalue weighted by molar-refractivity contribution is 0.367. The summed E-state index contributed by atoms with van der Waals surface area (Å²) in [5.41, 5.74) is 0.860. The second-order valence-corrected chi connectivity index (χ2v) is 5.88. The van der Waals surface area contributed by atoms with E-state index in [1.807, 2.05) is 18.2 Å². The fraction of sp³-hybridized carbons (Fsp3) is 0.385. The SMILES string of the molecule is Clc1ccc(-c2nc(C3CCCCN3)no2)c(Br)c1. The molecule has 1 unspecified atom stereocenters. The molecule has 1 atom stereocenters. The summed E-state index contributed by atoms with van der Waals surface area (Å²) in [5.74, 6) is 1.25. The van der Waals surface area contributed by atoms with Crippen molar-refractivity contribution in [2.45, 2.75) is 25.3 Å². The molecule has 1 fully saturated rings. The Morgan fingerprint density at radius 2 is 2.26 bits per heavy atom. The van der Waals surface area contributed by atoms with E-state index in [1.165, 1.54) is 12.8 Å². The zero-order valence-electron chi connectivity index (χ0n) is 10.2. The van der Waals surface area contributed by atoms with E-state index in [0.29, 0.717) is 10.9 Å². The van der Waals surface area contributed by atoms with Gasteiger partial charge in [0.1, 0.15) is 0 Å². The quantitative estimate of drug-likeness (QED) is 0.897. The van der Waals surface area contributed by atoms with Gasteiger partial charge < -0.3 is 9.84 Å². The van der Waals surface area contributed by atoms with E-state index in [4.69, 9.17) is 16.1 Å². The molecule has 2 heterocycles. The third-order valence-corrected chi connectivity index (χ3v) is 4.12. The van der Waals surface area contributed by atoms with Crippen molar-refractivity contribution in [3.8, 4) is 11.5 Å². The maximum atomic E-state index is 5.92. The van der Waals surface area contributed by atoms with Crippen LogP contribution < -0.4 is 5.32 Å². The van der Waals surface area contributed by atoms with Gasteiger partial charge in [-0.25, -0.2) is 0 Å². The molecule has 1 saturated heterocycles. The molecule has 0 saturated carbocycles. The van der Waals surface area contributed by atoms with E-state index in [2.05, 4.69) is 31.4 Å². The smallest absolute Gasteiger partial charge is 0.259 e. The maximum Gasteiger partial charge on any atom is 0.259 e. The number of benzene rings is 1. The fourth-order valence-corrected chi connectivity index (χ4v) is 3.07. The first-order valence-electron chi connectivity index (χ1n) is 6.26. The summed E-state index contributed by atoms with van der Waals surface area (Å²) in [7, 11) is 0. The normalized spacial score (nSPS) is 19.6. The highest BCUT2D eigenvalue weighted by atomic mass is 79.9. The molecule has 2 aromatic rings. The second-order valence-electron chi connectivity index (χ2n) is 4.58. The molecule has 100 valence electrons. The number of piperidine rings is 1. The van der Waals surface area contributed by atoms with Crippen LogP contribution in [0.1, 0.15) is 31.1 Å². The van der Waals surface area contributed by atoms with Crippen molar-refractivity contribution in [3.05, 3.63) is 33.5 Å². The standard InChI is InChI=1S/C13H13BrClN3O/c14-10-7-8(15)4-5-9(10)13-17-12(18-19-13)11-3-1-2-6-16-11/h4-5,7,11,16H,1-3,6H2. The van der Waals surface area contributed by atoms with Crippen LogP contribution in [0.4, 0.5) is 0 Å². The number of hydrogen-bond acceptors (Lipinski definition) is 4. The molecule has 19 heavy (non-hydrogen) atoms. The van der Waals surface area contributed by atoms with Gasteiger partial charge >= 0.3 is 0 Å². The maximum absolute atomic E-state index is 5.92. The molecular weight excluding hydrogens is 330 g/mol. The highest BCUT2D eigenvalue weighted by Crippen LogP contribution is 2.30. The third-order valence-electron chi connectivity index (χ3n) is 3.23. The molecule has 1 aromatic carbocycles. The van der Waals surface area contributed by atoms with Crippen molar-refractivity contribution in [2.24, 2.45) is 0 Å². The Balaban J connectivity index is 1.87. The third kappa shape index (κ3) is 2.83. The molecule has 1 N–H and O–H groups in total. The van der Waals surface area contributed by atoms with Gasteiger partial charge in [0.05, 0.1) is 11.6 Å². The minimum Gasteiger partial charge on any atom is -0.334 e. The number of halogens is 2. The monoisotopic (exact) mass is 341 g/mol. The predicted molar refractivity (Wildman–Crippen MR) is 77.0 cm³/mol. The average Bonchev–Trinajstić information content (AvgIpc) is 2.89. The first-order valence-corrected chi connectivity index (χ1v) is 7.43. The number of nitrogens with one attached hydrogen (secondary N) is 1. The van der Waals surface area contributed by atoms with Crippen LogP contribution in [0.3, 0.4) is 0 Å². The van der Waals surface area contributed by atoms with Gasteiger partial charge in [0.25, 0.3) is 5.89 Å². The van der Waals surface area contributed by atoms with Crippen LogP contribution in [0.5, 0.6) is 0 Å². The van der Waals surface area contributed by atoms with Crippen molar-refractivity contribution < 1.29 is 4.52 Å². The van der Waals surface area contributed by atoms with E-state index in [9.17, 15) is 0 Å². The summed E-state index contributed by atoms with van der Waals surface area (Å²) in [5, 5.41) is 8.15. The van der Waals surface area contributed by atoms with E-state index < -0.39 is 0 Å². The van der Waals surface area contributed by atoms with Crippen molar-refractivity contribution >= 4 is 27.5 Å². The minimum absolute atomic E-state index is 0.206. The Bertz CT molecular complexity index is 581. The summed E-state index contributed by atoms with van der Waals surface area (Å²) in [6, 6.07) is 5.71. The van der Waals surface area contributed by atoms with Crippen LogP contribution in [-0.2, 0) is 0 Å². The molecule has 6 heteroatoms. The Kier molecular flexibility index (Phi) is 3.86. The highest BCUT2D eigenvalue weighted by Gasteiger charge is 2.21. The lowest BCUT2D eigenvalue weighted by Gasteiger charge is -2.19. The molecule has 4 nitrogen and oxygen atoms in total. The van der Waals surface area contributed by atoms with Gasteiger partial charge in [0, 0.05) is 9.50 Å². The number of nitrogens with zero attached hydrogens (tertiary/aromatic N) is 2. The highest BCUT2D eigenvalue weighted by molar-refractivity contribution is 9.10. The number of aromatic nitrogens is 2. The van der Waals surface area contributed by atoms with Gasteiger partial charge in [-0.3, -0.25) is 0 Å². The molecule has 3 rings (SSSR count). The molecule has 1 aromatic heterocycles. The molecule has 0 bridgehead atoms. The second kappa shape index (κ2) is 5.61. The summed E-state index contributed by atoms with van der Waals surface area (Å²) in [6.07, 6.45) is 3.47. The van der Waals surface area contributed by atoms with Gasteiger partial charge in [-0.2, -0.15) is 4.98 Å². The summed E-state index contributed by atoms with van der Waals surface area (Å²) >= 11 is 9.39. The van der Waals surface area contributed by atoms with Crippen molar-refractivity contribution in [2.75, 3.05) is 6.54 Å². The molecule has 0 amide bonds. The summed E-state index contributed by atoms with van der Waals surface area (Å²) in [4.78, 5) is 4.48. The molecule has 0 radical (unpaired) electrons.